The quantitative estimate of drug-likeness (QED) is 0.846. The van der Waals surface area contributed by atoms with Crippen molar-refractivity contribution in [2.24, 2.45) is 11.7 Å². The lowest BCUT2D eigenvalue weighted by Crippen LogP contribution is -2.57. The zero-order valence-corrected chi connectivity index (χ0v) is 15.1. The monoisotopic (exact) mass is 371 g/mol. The van der Waals surface area contributed by atoms with E-state index in [1.165, 1.54) is 11.3 Å². The number of rotatable bonds is 5. The van der Waals surface area contributed by atoms with Gasteiger partial charge in [-0.25, -0.2) is 0 Å². The van der Waals surface area contributed by atoms with Crippen LogP contribution in [-0.4, -0.2) is 42.4 Å². The molecular weight excluding hydrogens is 350 g/mol. The fraction of sp³-hybridized carbons (Fsp3) is 0.368. The number of fused-ring (bicyclic) bond motifs is 3. The highest BCUT2D eigenvalue weighted by Gasteiger charge is 2.35. The number of amides is 2. The van der Waals surface area contributed by atoms with E-state index in [1.54, 1.807) is 36.4 Å². The van der Waals surface area contributed by atoms with Gasteiger partial charge < -0.3 is 20.7 Å². The second kappa shape index (κ2) is 7.09. The second-order valence-corrected chi connectivity index (χ2v) is 7.85. The van der Waals surface area contributed by atoms with E-state index in [-0.39, 0.29) is 11.9 Å². The summed E-state index contributed by atoms with van der Waals surface area (Å²) in [6.07, 6.45) is 2.32. The first-order valence-electron chi connectivity index (χ1n) is 8.80. The van der Waals surface area contributed by atoms with Crippen LogP contribution in [0.5, 0.6) is 10.8 Å². The fourth-order valence-electron chi connectivity index (χ4n) is 3.73. The highest BCUT2D eigenvalue weighted by molar-refractivity contribution is 7.15. The van der Waals surface area contributed by atoms with E-state index in [0.717, 1.165) is 32.5 Å². The minimum atomic E-state index is -0.544. The van der Waals surface area contributed by atoms with Gasteiger partial charge in [-0.3, -0.25) is 9.59 Å². The molecule has 3 fully saturated rings. The molecule has 1 aromatic carbocycles. The highest BCUT2D eigenvalue weighted by atomic mass is 32.1. The molecule has 136 valence electrons. The third-order valence-corrected chi connectivity index (χ3v) is 6.10. The summed E-state index contributed by atoms with van der Waals surface area (Å²) in [5.74, 6) is 0.373. The normalized spacial score (nSPS) is 24.2. The second-order valence-electron chi connectivity index (χ2n) is 6.80. The average Bonchev–Trinajstić information content (AvgIpc) is 3.12. The van der Waals surface area contributed by atoms with Crippen LogP contribution in [0.25, 0.3) is 0 Å². The van der Waals surface area contributed by atoms with Crippen LogP contribution in [-0.2, 0) is 0 Å². The Hall–Kier alpha value is -2.38. The summed E-state index contributed by atoms with van der Waals surface area (Å²) in [6, 6.07) is 10.5. The fourth-order valence-corrected chi connectivity index (χ4v) is 4.50. The molecule has 0 saturated carbocycles. The molecule has 0 radical (unpaired) electrons. The molecule has 0 unspecified atom stereocenters. The van der Waals surface area contributed by atoms with Crippen molar-refractivity contribution in [3.8, 4) is 10.8 Å². The van der Waals surface area contributed by atoms with Gasteiger partial charge in [0.1, 0.15) is 5.75 Å². The van der Waals surface area contributed by atoms with Gasteiger partial charge in [0, 0.05) is 12.6 Å². The maximum absolute atomic E-state index is 12.6. The number of nitrogens with one attached hydrogen (secondary N) is 1. The van der Waals surface area contributed by atoms with Crippen LogP contribution in [0, 0.1) is 5.92 Å². The molecule has 3 saturated heterocycles. The Balaban J connectivity index is 1.43. The summed E-state index contributed by atoms with van der Waals surface area (Å²) < 4.78 is 5.77. The minimum absolute atomic E-state index is 0.0632. The Bertz CT molecular complexity index is 827. The van der Waals surface area contributed by atoms with Gasteiger partial charge in [-0.2, -0.15) is 0 Å². The van der Waals surface area contributed by atoms with Crippen molar-refractivity contribution >= 4 is 23.2 Å². The van der Waals surface area contributed by atoms with Gasteiger partial charge >= 0.3 is 0 Å². The molecule has 0 spiro atoms. The maximum atomic E-state index is 12.6. The van der Waals surface area contributed by atoms with E-state index in [9.17, 15) is 9.59 Å². The van der Waals surface area contributed by atoms with Crippen LogP contribution in [0.2, 0.25) is 0 Å². The summed E-state index contributed by atoms with van der Waals surface area (Å²) in [5.41, 5.74) is 5.69. The Labute approximate surface area is 155 Å². The average molecular weight is 371 g/mol. The molecule has 1 atom stereocenters. The number of hydrogen-bond acceptors (Lipinski definition) is 5. The van der Waals surface area contributed by atoms with Gasteiger partial charge in [0.25, 0.3) is 11.8 Å². The molecule has 3 aliphatic heterocycles. The van der Waals surface area contributed by atoms with E-state index >= 15 is 0 Å². The summed E-state index contributed by atoms with van der Waals surface area (Å²) in [6.45, 7) is 3.23. The van der Waals surface area contributed by atoms with Gasteiger partial charge in [-0.1, -0.05) is 23.5 Å². The molecule has 4 heterocycles. The standard InChI is InChI=1S/C19H21N3O3S/c20-18(23)13-3-1-2-4-15(13)25-17-6-5-16(26-17)19(24)21-14-11-22-9-7-12(14)8-10-22/h1-6,12,14H,7-11H2,(H2,20,23)(H,21,24)/t14-/m0/s1. The van der Waals surface area contributed by atoms with Crippen LogP contribution in [0.3, 0.4) is 0 Å². The number of primary amides is 1. The summed E-state index contributed by atoms with van der Waals surface area (Å²) in [5, 5.41) is 3.73. The lowest BCUT2D eigenvalue weighted by atomic mass is 9.84. The molecule has 0 aliphatic carbocycles. The van der Waals surface area contributed by atoms with Gasteiger partial charge in [0.2, 0.25) is 0 Å². The number of ether oxygens (including phenoxy) is 1. The number of nitrogens with zero attached hydrogens (tertiary/aromatic N) is 1. The van der Waals surface area contributed by atoms with Crippen LogP contribution >= 0.6 is 11.3 Å². The topological polar surface area (TPSA) is 84.7 Å². The van der Waals surface area contributed by atoms with E-state index in [0.29, 0.717) is 27.2 Å². The molecule has 1 aromatic heterocycles. The minimum Gasteiger partial charge on any atom is -0.446 e. The largest absolute Gasteiger partial charge is 0.446 e. The van der Waals surface area contributed by atoms with Crippen LogP contribution in [0.15, 0.2) is 36.4 Å². The lowest BCUT2D eigenvalue weighted by molar-refractivity contribution is 0.0622. The Morgan fingerprint density at radius 2 is 1.92 bits per heavy atom. The zero-order valence-electron chi connectivity index (χ0n) is 14.3. The number of carbonyl (C=O) groups excluding carboxylic acids is 2. The Morgan fingerprint density at radius 1 is 1.15 bits per heavy atom. The molecule has 6 nitrogen and oxygen atoms in total. The number of nitrogens with two attached hydrogens (primary N) is 1. The van der Waals surface area contributed by atoms with Crippen molar-refractivity contribution in [3.05, 3.63) is 46.8 Å². The van der Waals surface area contributed by atoms with Crippen molar-refractivity contribution in [2.45, 2.75) is 18.9 Å². The van der Waals surface area contributed by atoms with Crippen molar-refractivity contribution < 1.29 is 14.3 Å². The van der Waals surface area contributed by atoms with Crippen LogP contribution in [0.4, 0.5) is 0 Å². The summed E-state index contributed by atoms with van der Waals surface area (Å²) in [7, 11) is 0. The number of thiophene rings is 1. The number of benzene rings is 1. The summed E-state index contributed by atoms with van der Waals surface area (Å²) in [4.78, 5) is 27.1. The first-order valence-corrected chi connectivity index (χ1v) is 9.61. The third-order valence-electron chi connectivity index (χ3n) is 5.14. The molecular formula is C19H21N3O3S. The zero-order chi connectivity index (χ0) is 18.1. The van der Waals surface area contributed by atoms with E-state index in [1.807, 2.05) is 0 Å². The van der Waals surface area contributed by atoms with Crippen LogP contribution in [0.1, 0.15) is 32.9 Å². The Morgan fingerprint density at radius 3 is 2.62 bits per heavy atom. The Kier molecular flexibility index (Phi) is 4.65. The maximum Gasteiger partial charge on any atom is 0.261 e. The van der Waals surface area contributed by atoms with Gasteiger partial charge in [-0.05, 0) is 56.1 Å². The number of para-hydroxylation sites is 1. The molecule has 5 rings (SSSR count). The smallest absolute Gasteiger partial charge is 0.261 e. The summed E-state index contributed by atoms with van der Waals surface area (Å²) >= 11 is 1.26. The van der Waals surface area contributed by atoms with Crippen LogP contribution < -0.4 is 15.8 Å². The van der Waals surface area contributed by atoms with Crippen molar-refractivity contribution in [3.63, 3.8) is 0 Å². The van der Waals surface area contributed by atoms with E-state index < -0.39 is 5.91 Å². The first-order chi connectivity index (χ1) is 12.6. The number of carbonyl (C=O) groups is 2. The van der Waals surface area contributed by atoms with Crippen molar-refractivity contribution in [1.82, 2.24) is 10.2 Å². The van der Waals surface area contributed by atoms with Crippen molar-refractivity contribution in [2.75, 3.05) is 19.6 Å². The number of piperidine rings is 3. The van der Waals surface area contributed by atoms with E-state index in [2.05, 4.69) is 10.2 Å². The molecule has 3 aliphatic rings. The molecule has 2 bridgehead atoms. The van der Waals surface area contributed by atoms with Gasteiger partial charge in [0.05, 0.1) is 10.4 Å². The van der Waals surface area contributed by atoms with Gasteiger partial charge in [0.15, 0.2) is 5.06 Å². The first kappa shape index (κ1) is 17.1. The predicted molar refractivity (Wildman–Crippen MR) is 99.8 cm³/mol. The molecule has 7 heteroatoms. The number of hydrogen-bond donors (Lipinski definition) is 2. The van der Waals surface area contributed by atoms with Crippen molar-refractivity contribution in [1.29, 1.82) is 0 Å². The SMILES string of the molecule is NC(=O)c1ccccc1Oc1ccc(C(=O)N[C@H]2CN3CCC2CC3)s1. The highest BCUT2D eigenvalue weighted by Crippen LogP contribution is 2.32. The lowest BCUT2D eigenvalue weighted by Gasteiger charge is -2.44. The van der Waals surface area contributed by atoms with E-state index in [4.69, 9.17) is 10.5 Å². The van der Waals surface area contributed by atoms with Gasteiger partial charge in [-0.15, -0.1) is 0 Å². The molecule has 3 N–H and O–H groups in total. The molecule has 2 aromatic rings. The predicted octanol–water partition coefficient (Wildman–Crippen LogP) is 2.46. The molecule has 2 amide bonds. The molecule has 26 heavy (non-hydrogen) atoms. The third kappa shape index (κ3) is 3.45.